The highest BCUT2D eigenvalue weighted by molar-refractivity contribution is 6.69. The van der Waals surface area contributed by atoms with E-state index >= 15 is 0 Å². The Bertz CT molecular complexity index is 347. The summed E-state index contributed by atoms with van der Waals surface area (Å²) in [5.41, 5.74) is 7.62. The van der Waals surface area contributed by atoms with Crippen LogP contribution in [0.1, 0.15) is 12.0 Å². The predicted molar refractivity (Wildman–Crippen MR) is 70.2 cm³/mol. The van der Waals surface area contributed by atoms with Crippen LogP contribution in [0.25, 0.3) is 0 Å². The van der Waals surface area contributed by atoms with E-state index in [1.807, 2.05) is 31.3 Å². The summed E-state index contributed by atoms with van der Waals surface area (Å²) in [6.45, 7) is 3.94. The maximum Gasteiger partial charge on any atom is 0.182 e. The fourth-order valence-corrected chi connectivity index (χ4v) is 2.68. The van der Waals surface area contributed by atoms with Crippen LogP contribution in [-0.4, -0.2) is 20.2 Å². The van der Waals surface area contributed by atoms with Crippen LogP contribution in [0.3, 0.4) is 0 Å². The Morgan fingerprint density at radius 3 is 2.62 bits per heavy atom. The van der Waals surface area contributed by atoms with Crippen molar-refractivity contribution < 1.29 is 9.53 Å². The third kappa shape index (κ3) is 4.24. The molecule has 0 heterocycles. The van der Waals surface area contributed by atoms with E-state index in [-0.39, 0.29) is 0 Å². The molecule has 0 unspecified atom stereocenters. The molecule has 0 spiro atoms. The molecule has 0 saturated carbocycles. The van der Waals surface area contributed by atoms with E-state index in [0.717, 1.165) is 24.6 Å². The minimum absolute atomic E-state index is 0.670. The van der Waals surface area contributed by atoms with Gasteiger partial charge in [0, 0.05) is 0 Å². The summed E-state index contributed by atoms with van der Waals surface area (Å²) in [5.74, 6) is 0.734. The van der Waals surface area contributed by atoms with Crippen LogP contribution in [0.15, 0.2) is 18.2 Å². The first-order valence-electron chi connectivity index (χ1n) is 5.57. The molecule has 0 aliphatic carbocycles. The summed E-state index contributed by atoms with van der Waals surface area (Å²) in [5, 5.41) is 0. The average molecular weight is 239 g/mol. The van der Waals surface area contributed by atoms with Crippen molar-refractivity contribution in [1.29, 1.82) is 0 Å². The molecular weight excluding hydrogens is 218 g/mol. The molecular formula is C12H21NO2Si. The van der Waals surface area contributed by atoms with Crippen molar-refractivity contribution >= 4 is 14.0 Å². The molecule has 0 saturated heterocycles. The van der Waals surface area contributed by atoms with Crippen LogP contribution < -0.4 is 10.5 Å². The van der Waals surface area contributed by atoms with E-state index in [1.54, 1.807) is 7.11 Å². The van der Waals surface area contributed by atoms with Gasteiger partial charge in [-0.3, -0.25) is 0 Å². The molecule has 0 atom stereocenters. The summed E-state index contributed by atoms with van der Waals surface area (Å²) in [6, 6.07) is 6.79. The third-order valence-corrected chi connectivity index (χ3v) is 4.13. The van der Waals surface area contributed by atoms with Crippen molar-refractivity contribution in [2.24, 2.45) is 0 Å². The molecule has 4 heteroatoms. The molecule has 3 N–H and O–H groups in total. The Balaban J connectivity index is 2.55. The molecule has 0 bridgehead atoms. The first-order chi connectivity index (χ1) is 7.42. The second kappa shape index (κ2) is 5.36. The van der Waals surface area contributed by atoms with Gasteiger partial charge in [0.15, 0.2) is 8.32 Å². The smallest absolute Gasteiger partial charge is 0.182 e. The number of hydrogen-bond acceptors (Lipinski definition) is 3. The normalized spacial score (nSPS) is 11.5. The lowest BCUT2D eigenvalue weighted by Gasteiger charge is -2.13. The molecule has 1 aromatic carbocycles. The zero-order valence-electron chi connectivity index (χ0n) is 10.3. The number of aryl methyl sites for hydroxylation is 1. The van der Waals surface area contributed by atoms with Gasteiger partial charge in [0.2, 0.25) is 0 Å². The van der Waals surface area contributed by atoms with Crippen molar-refractivity contribution in [3.05, 3.63) is 23.8 Å². The first-order valence-corrected chi connectivity index (χ1v) is 8.72. The van der Waals surface area contributed by atoms with Gasteiger partial charge in [0.05, 0.1) is 12.8 Å². The van der Waals surface area contributed by atoms with Crippen LogP contribution in [0.2, 0.25) is 19.1 Å². The van der Waals surface area contributed by atoms with E-state index in [4.69, 9.17) is 10.5 Å². The van der Waals surface area contributed by atoms with Crippen molar-refractivity contribution in [2.45, 2.75) is 32.0 Å². The van der Waals surface area contributed by atoms with Crippen molar-refractivity contribution in [1.82, 2.24) is 0 Å². The summed E-state index contributed by atoms with van der Waals surface area (Å²) in [7, 11) is -0.276. The molecule has 90 valence electrons. The molecule has 1 aromatic rings. The van der Waals surface area contributed by atoms with Crippen LogP contribution in [0.5, 0.6) is 5.75 Å². The molecule has 0 aromatic heterocycles. The maximum atomic E-state index is 9.73. The Morgan fingerprint density at radius 1 is 1.38 bits per heavy atom. The standard InChI is InChI=1S/C12H21NO2Si/c1-15-12-9-10(6-7-11(12)13)5-4-8-16(2,3)14/h6-7,9,14H,4-5,8,13H2,1-3H3. The number of anilines is 1. The average Bonchev–Trinajstić information content (AvgIpc) is 2.18. The lowest BCUT2D eigenvalue weighted by molar-refractivity contribution is 0.416. The summed E-state index contributed by atoms with van der Waals surface area (Å²) in [6.07, 6.45) is 1.98. The Morgan fingerprint density at radius 2 is 2.06 bits per heavy atom. The second-order valence-electron chi connectivity index (χ2n) is 4.74. The predicted octanol–water partition coefficient (Wildman–Crippen LogP) is 2.41. The van der Waals surface area contributed by atoms with Gasteiger partial charge >= 0.3 is 0 Å². The van der Waals surface area contributed by atoms with Crippen molar-refractivity contribution in [3.63, 3.8) is 0 Å². The highest BCUT2D eigenvalue weighted by Gasteiger charge is 2.15. The number of nitrogen functional groups attached to an aromatic ring is 1. The highest BCUT2D eigenvalue weighted by atomic mass is 28.4. The van der Waals surface area contributed by atoms with Gasteiger partial charge < -0.3 is 15.3 Å². The number of hydrogen-bond donors (Lipinski definition) is 2. The Kier molecular flexibility index (Phi) is 4.38. The van der Waals surface area contributed by atoms with Gasteiger partial charge in [0.25, 0.3) is 0 Å². The van der Waals surface area contributed by atoms with Crippen LogP contribution in [-0.2, 0) is 6.42 Å². The van der Waals surface area contributed by atoms with E-state index in [1.165, 1.54) is 5.56 Å². The summed E-state index contributed by atoms with van der Waals surface area (Å²) in [4.78, 5) is 9.73. The van der Waals surface area contributed by atoms with E-state index in [2.05, 4.69) is 0 Å². The zero-order chi connectivity index (χ0) is 12.2. The summed E-state index contributed by atoms with van der Waals surface area (Å²) < 4.78 is 5.17. The minimum atomic E-state index is -1.90. The molecule has 0 radical (unpaired) electrons. The quantitative estimate of drug-likeness (QED) is 0.613. The molecule has 0 amide bonds. The number of nitrogens with two attached hydrogens (primary N) is 1. The SMILES string of the molecule is COc1cc(CCC[Si](C)(C)O)ccc1N. The fourth-order valence-electron chi connectivity index (χ4n) is 1.64. The molecule has 0 aliphatic heterocycles. The van der Waals surface area contributed by atoms with Crippen LogP contribution >= 0.6 is 0 Å². The van der Waals surface area contributed by atoms with Gasteiger partial charge in [-0.15, -0.1) is 0 Å². The lowest BCUT2D eigenvalue weighted by Crippen LogP contribution is -2.24. The van der Waals surface area contributed by atoms with Crippen LogP contribution in [0.4, 0.5) is 5.69 Å². The maximum absolute atomic E-state index is 9.73. The molecule has 0 aliphatic rings. The highest BCUT2D eigenvalue weighted by Crippen LogP contribution is 2.23. The largest absolute Gasteiger partial charge is 0.495 e. The summed E-state index contributed by atoms with van der Waals surface area (Å²) >= 11 is 0. The van der Waals surface area contributed by atoms with Gasteiger partial charge in [0.1, 0.15) is 5.75 Å². The molecule has 0 fully saturated rings. The lowest BCUT2D eigenvalue weighted by atomic mass is 10.1. The van der Waals surface area contributed by atoms with E-state index < -0.39 is 8.32 Å². The molecule has 3 nitrogen and oxygen atoms in total. The van der Waals surface area contributed by atoms with Crippen molar-refractivity contribution in [2.75, 3.05) is 12.8 Å². The van der Waals surface area contributed by atoms with Gasteiger partial charge in [-0.1, -0.05) is 6.07 Å². The van der Waals surface area contributed by atoms with Crippen molar-refractivity contribution in [3.8, 4) is 5.75 Å². The van der Waals surface area contributed by atoms with Crippen LogP contribution in [0, 0.1) is 0 Å². The molecule has 1 rings (SSSR count). The third-order valence-electron chi connectivity index (χ3n) is 2.55. The van der Waals surface area contributed by atoms with E-state index in [9.17, 15) is 4.80 Å². The van der Waals surface area contributed by atoms with Gasteiger partial charge in [-0.05, 0) is 49.7 Å². The minimum Gasteiger partial charge on any atom is -0.495 e. The molecule has 16 heavy (non-hydrogen) atoms. The number of ether oxygens (including phenoxy) is 1. The Hall–Kier alpha value is -1.00. The number of rotatable bonds is 5. The number of methoxy groups -OCH3 is 1. The zero-order valence-corrected chi connectivity index (χ0v) is 11.3. The fraction of sp³-hybridized carbons (Fsp3) is 0.500. The Labute approximate surface area is 98.4 Å². The van der Waals surface area contributed by atoms with Gasteiger partial charge in [-0.2, -0.15) is 0 Å². The monoisotopic (exact) mass is 239 g/mol. The first kappa shape index (κ1) is 13.1. The topological polar surface area (TPSA) is 55.5 Å². The van der Waals surface area contributed by atoms with E-state index in [0.29, 0.717) is 5.69 Å². The second-order valence-corrected chi connectivity index (χ2v) is 8.87. The number of benzene rings is 1. The van der Waals surface area contributed by atoms with Gasteiger partial charge in [-0.25, -0.2) is 0 Å².